The highest BCUT2D eigenvalue weighted by molar-refractivity contribution is 6.00. The van der Waals surface area contributed by atoms with Crippen molar-refractivity contribution in [1.29, 1.82) is 0 Å². The summed E-state index contributed by atoms with van der Waals surface area (Å²) in [6.45, 7) is 1.97. The van der Waals surface area contributed by atoms with Crippen LogP contribution in [0.15, 0.2) is 72.8 Å². The molecule has 0 spiro atoms. The SMILES string of the molecule is Cc1c(-c2ccc(O)cc2)nc2ccc([N+](=O)[O-])cc2c1-c1ccccc1. The molecule has 0 fully saturated rings. The zero-order chi connectivity index (χ0) is 19.0. The number of nitro groups is 1. The summed E-state index contributed by atoms with van der Waals surface area (Å²) >= 11 is 0. The highest BCUT2D eigenvalue weighted by Crippen LogP contribution is 2.37. The summed E-state index contributed by atoms with van der Waals surface area (Å²) in [4.78, 5) is 15.6. The van der Waals surface area contributed by atoms with E-state index in [1.165, 1.54) is 6.07 Å². The fraction of sp³-hybridized carbons (Fsp3) is 0.0455. The first-order valence-electron chi connectivity index (χ1n) is 8.48. The van der Waals surface area contributed by atoms with Crippen molar-refractivity contribution in [2.75, 3.05) is 0 Å². The molecule has 0 atom stereocenters. The molecule has 4 aromatic rings. The van der Waals surface area contributed by atoms with Gasteiger partial charge >= 0.3 is 0 Å². The second-order valence-corrected chi connectivity index (χ2v) is 6.33. The van der Waals surface area contributed by atoms with Crippen LogP contribution in [0.4, 0.5) is 5.69 Å². The second-order valence-electron chi connectivity index (χ2n) is 6.33. The maximum absolute atomic E-state index is 11.3. The van der Waals surface area contributed by atoms with Gasteiger partial charge in [0.2, 0.25) is 0 Å². The molecule has 1 heterocycles. The predicted molar refractivity (Wildman–Crippen MR) is 106 cm³/mol. The van der Waals surface area contributed by atoms with Gasteiger partial charge < -0.3 is 5.11 Å². The Kier molecular flexibility index (Phi) is 4.05. The Hall–Kier alpha value is -3.73. The van der Waals surface area contributed by atoms with Crippen LogP contribution in [0.1, 0.15) is 5.56 Å². The molecule has 1 aromatic heterocycles. The van der Waals surface area contributed by atoms with E-state index in [4.69, 9.17) is 4.98 Å². The summed E-state index contributed by atoms with van der Waals surface area (Å²) in [5, 5.41) is 21.6. The van der Waals surface area contributed by atoms with E-state index in [1.807, 2.05) is 49.4 Å². The molecule has 5 nitrogen and oxygen atoms in total. The molecular weight excluding hydrogens is 340 g/mol. The molecular formula is C22H16N2O3. The fourth-order valence-electron chi connectivity index (χ4n) is 3.34. The van der Waals surface area contributed by atoms with Crippen molar-refractivity contribution >= 4 is 16.6 Å². The molecule has 0 aliphatic carbocycles. The van der Waals surface area contributed by atoms with E-state index in [0.29, 0.717) is 5.52 Å². The van der Waals surface area contributed by atoms with Gasteiger partial charge in [-0.25, -0.2) is 4.98 Å². The quantitative estimate of drug-likeness (QED) is 0.389. The Morgan fingerprint density at radius 3 is 2.30 bits per heavy atom. The largest absolute Gasteiger partial charge is 0.508 e. The van der Waals surface area contributed by atoms with Crippen LogP contribution in [0, 0.1) is 17.0 Å². The number of pyridine rings is 1. The van der Waals surface area contributed by atoms with E-state index in [0.717, 1.165) is 33.3 Å². The lowest BCUT2D eigenvalue weighted by Gasteiger charge is -2.15. The lowest BCUT2D eigenvalue weighted by molar-refractivity contribution is -0.384. The Morgan fingerprint density at radius 2 is 1.63 bits per heavy atom. The number of nitro benzene ring substituents is 1. The van der Waals surface area contributed by atoms with Crippen molar-refractivity contribution in [3.8, 4) is 28.1 Å². The minimum Gasteiger partial charge on any atom is -0.508 e. The number of hydrogen-bond donors (Lipinski definition) is 1. The summed E-state index contributed by atoms with van der Waals surface area (Å²) < 4.78 is 0. The Morgan fingerprint density at radius 1 is 0.926 bits per heavy atom. The topological polar surface area (TPSA) is 76.3 Å². The molecule has 3 aromatic carbocycles. The van der Waals surface area contributed by atoms with Crippen molar-refractivity contribution in [3.63, 3.8) is 0 Å². The zero-order valence-corrected chi connectivity index (χ0v) is 14.6. The Bertz CT molecular complexity index is 1150. The highest BCUT2D eigenvalue weighted by atomic mass is 16.6. The van der Waals surface area contributed by atoms with Crippen molar-refractivity contribution in [2.45, 2.75) is 6.92 Å². The molecule has 0 amide bonds. The van der Waals surface area contributed by atoms with Gasteiger partial charge in [-0.1, -0.05) is 30.3 Å². The van der Waals surface area contributed by atoms with Crippen LogP contribution >= 0.6 is 0 Å². The van der Waals surface area contributed by atoms with Gasteiger partial charge in [-0.3, -0.25) is 10.1 Å². The third kappa shape index (κ3) is 3.00. The van der Waals surface area contributed by atoms with E-state index in [-0.39, 0.29) is 11.4 Å². The van der Waals surface area contributed by atoms with E-state index in [1.54, 1.807) is 24.3 Å². The average molecular weight is 356 g/mol. The number of phenolic OH excluding ortho intramolecular Hbond substituents is 1. The summed E-state index contributed by atoms with van der Waals surface area (Å²) in [5.41, 5.74) is 5.22. The third-order valence-electron chi connectivity index (χ3n) is 4.63. The van der Waals surface area contributed by atoms with Crippen LogP contribution in [-0.2, 0) is 0 Å². The van der Waals surface area contributed by atoms with E-state index < -0.39 is 4.92 Å². The summed E-state index contributed by atoms with van der Waals surface area (Å²) in [6.07, 6.45) is 0. The molecule has 5 heteroatoms. The molecule has 0 bridgehead atoms. The maximum atomic E-state index is 11.3. The van der Waals surface area contributed by atoms with E-state index >= 15 is 0 Å². The molecule has 0 radical (unpaired) electrons. The third-order valence-corrected chi connectivity index (χ3v) is 4.63. The molecule has 0 saturated heterocycles. The number of fused-ring (bicyclic) bond motifs is 1. The molecule has 0 saturated carbocycles. The summed E-state index contributed by atoms with van der Waals surface area (Å²) in [6, 6.07) is 21.4. The standard InChI is InChI=1S/C22H16N2O3/c1-14-21(15-5-3-2-4-6-15)19-13-17(24(26)27)9-12-20(19)23-22(14)16-7-10-18(25)11-8-16/h2-13,25H,1H3. The Labute approximate surface area is 155 Å². The van der Waals surface area contributed by atoms with E-state index in [2.05, 4.69) is 0 Å². The minimum absolute atomic E-state index is 0.0401. The van der Waals surface area contributed by atoms with Gasteiger partial charge in [0.15, 0.2) is 0 Å². The van der Waals surface area contributed by atoms with E-state index in [9.17, 15) is 15.2 Å². The lowest BCUT2D eigenvalue weighted by atomic mass is 9.92. The van der Waals surface area contributed by atoms with Crippen LogP contribution in [0.25, 0.3) is 33.3 Å². The lowest BCUT2D eigenvalue weighted by Crippen LogP contribution is -1.96. The van der Waals surface area contributed by atoms with Gasteiger partial charge in [0.05, 0.1) is 16.1 Å². The second kappa shape index (κ2) is 6.53. The number of rotatable bonds is 3. The number of aromatic hydroxyl groups is 1. The van der Waals surface area contributed by atoms with Crippen LogP contribution in [0.2, 0.25) is 0 Å². The first-order chi connectivity index (χ1) is 13.0. The van der Waals surface area contributed by atoms with Crippen LogP contribution < -0.4 is 0 Å². The smallest absolute Gasteiger partial charge is 0.270 e. The summed E-state index contributed by atoms with van der Waals surface area (Å²) in [7, 11) is 0. The van der Waals surface area contributed by atoms with Crippen LogP contribution in [-0.4, -0.2) is 15.0 Å². The van der Waals surface area contributed by atoms with Gasteiger partial charge in [0, 0.05) is 23.1 Å². The predicted octanol–water partition coefficient (Wildman–Crippen LogP) is 5.49. The number of non-ortho nitro benzene ring substituents is 1. The molecule has 0 aliphatic heterocycles. The van der Waals surface area contributed by atoms with Crippen molar-refractivity contribution in [3.05, 3.63) is 88.5 Å². The van der Waals surface area contributed by atoms with Crippen molar-refractivity contribution < 1.29 is 10.0 Å². The van der Waals surface area contributed by atoms with Gasteiger partial charge in [-0.15, -0.1) is 0 Å². The van der Waals surface area contributed by atoms with Crippen LogP contribution in [0.5, 0.6) is 5.75 Å². The maximum Gasteiger partial charge on any atom is 0.270 e. The zero-order valence-electron chi connectivity index (χ0n) is 14.6. The van der Waals surface area contributed by atoms with Gasteiger partial charge in [-0.2, -0.15) is 0 Å². The first kappa shape index (κ1) is 16.7. The molecule has 1 N–H and O–H groups in total. The van der Waals surface area contributed by atoms with Gasteiger partial charge in [-0.05, 0) is 53.9 Å². The Balaban J connectivity index is 2.08. The number of nitrogens with zero attached hydrogens (tertiary/aromatic N) is 2. The molecule has 27 heavy (non-hydrogen) atoms. The summed E-state index contributed by atoms with van der Waals surface area (Å²) in [5.74, 6) is 0.191. The monoisotopic (exact) mass is 356 g/mol. The number of hydrogen-bond acceptors (Lipinski definition) is 4. The van der Waals surface area contributed by atoms with Crippen LogP contribution in [0.3, 0.4) is 0 Å². The number of aromatic nitrogens is 1. The van der Waals surface area contributed by atoms with Crippen molar-refractivity contribution in [1.82, 2.24) is 4.98 Å². The van der Waals surface area contributed by atoms with Gasteiger partial charge in [0.25, 0.3) is 5.69 Å². The average Bonchev–Trinajstić information content (AvgIpc) is 2.68. The molecule has 0 aliphatic rings. The normalized spacial score (nSPS) is 10.9. The minimum atomic E-state index is -0.391. The van der Waals surface area contributed by atoms with Gasteiger partial charge in [0.1, 0.15) is 5.75 Å². The number of benzene rings is 3. The molecule has 0 unspecified atom stereocenters. The highest BCUT2D eigenvalue weighted by Gasteiger charge is 2.17. The molecule has 4 rings (SSSR count). The fourth-order valence-corrected chi connectivity index (χ4v) is 3.34. The number of phenols is 1. The van der Waals surface area contributed by atoms with Crippen molar-refractivity contribution in [2.24, 2.45) is 0 Å². The first-order valence-corrected chi connectivity index (χ1v) is 8.48. The molecule has 132 valence electrons.